The van der Waals surface area contributed by atoms with Crippen molar-refractivity contribution in [2.45, 2.75) is 27.2 Å². The summed E-state index contributed by atoms with van der Waals surface area (Å²) >= 11 is 0. The van der Waals surface area contributed by atoms with E-state index < -0.39 is 11.6 Å². The third-order valence-corrected chi connectivity index (χ3v) is 3.86. The molecule has 0 amide bonds. The molecule has 2 rings (SSSR count). The van der Waals surface area contributed by atoms with Crippen LogP contribution in [0.4, 0.5) is 0 Å². The average molecular weight is 258 g/mol. The van der Waals surface area contributed by atoms with Crippen LogP contribution in [0.1, 0.15) is 43.1 Å². The third-order valence-electron chi connectivity index (χ3n) is 3.86. The lowest BCUT2D eigenvalue weighted by atomic mass is 9.82. The van der Waals surface area contributed by atoms with E-state index in [0.29, 0.717) is 23.5 Å². The molecular formula is C16H18O3. The average Bonchev–Trinajstić information content (AvgIpc) is 2.40. The van der Waals surface area contributed by atoms with E-state index in [1.54, 1.807) is 24.3 Å². The van der Waals surface area contributed by atoms with E-state index in [2.05, 4.69) is 13.8 Å². The molecule has 100 valence electrons. The standard InChI is InChI=1S/C16H18O3/c1-9(2)10(3)8-13-14(17)11-6-4-5-7-12(11)15(18)16(13)19/h4-7,9-10,17H,8H2,1-3H3/t10-/m1/s1. The molecule has 0 aliphatic heterocycles. The molecule has 0 bridgehead atoms. The van der Waals surface area contributed by atoms with Crippen molar-refractivity contribution in [2.75, 3.05) is 0 Å². The number of Topliss-reactive ketones (excluding diaryl/α,β-unsaturated/α-hetero) is 2. The summed E-state index contributed by atoms with van der Waals surface area (Å²) in [5.41, 5.74) is 1.02. The fraction of sp³-hybridized carbons (Fsp3) is 0.375. The summed E-state index contributed by atoms with van der Waals surface area (Å²) in [4.78, 5) is 24.1. The van der Waals surface area contributed by atoms with Gasteiger partial charge in [0.1, 0.15) is 5.76 Å². The number of carbonyl (C=O) groups excluding carboxylic acids is 2. The molecule has 1 aromatic rings. The topological polar surface area (TPSA) is 54.4 Å². The van der Waals surface area contributed by atoms with Crippen LogP contribution >= 0.6 is 0 Å². The van der Waals surface area contributed by atoms with Gasteiger partial charge in [-0.15, -0.1) is 0 Å². The van der Waals surface area contributed by atoms with Crippen molar-refractivity contribution in [1.82, 2.24) is 0 Å². The summed E-state index contributed by atoms with van der Waals surface area (Å²) in [6.45, 7) is 6.14. The zero-order chi connectivity index (χ0) is 14.2. The Balaban J connectivity index is 2.48. The van der Waals surface area contributed by atoms with Gasteiger partial charge < -0.3 is 5.11 Å². The monoisotopic (exact) mass is 258 g/mol. The van der Waals surface area contributed by atoms with Crippen molar-refractivity contribution < 1.29 is 14.7 Å². The molecule has 0 saturated carbocycles. The molecule has 3 nitrogen and oxygen atoms in total. The Kier molecular flexibility index (Phi) is 3.56. The van der Waals surface area contributed by atoms with Crippen LogP contribution in [0.3, 0.4) is 0 Å². The van der Waals surface area contributed by atoms with Gasteiger partial charge >= 0.3 is 0 Å². The van der Waals surface area contributed by atoms with E-state index in [9.17, 15) is 14.7 Å². The van der Waals surface area contributed by atoms with E-state index in [4.69, 9.17) is 0 Å². The van der Waals surface area contributed by atoms with E-state index in [0.717, 1.165) is 0 Å². The maximum atomic E-state index is 12.1. The van der Waals surface area contributed by atoms with Crippen molar-refractivity contribution >= 4 is 17.3 Å². The zero-order valence-electron chi connectivity index (χ0n) is 11.4. The van der Waals surface area contributed by atoms with E-state index in [1.165, 1.54) is 0 Å². The molecule has 0 heterocycles. The number of aliphatic hydroxyl groups is 1. The van der Waals surface area contributed by atoms with Crippen LogP contribution in [0.2, 0.25) is 0 Å². The summed E-state index contributed by atoms with van der Waals surface area (Å²) in [5, 5.41) is 10.2. The van der Waals surface area contributed by atoms with E-state index >= 15 is 0 Å². The summed E-state index contributed by atoms with van der Waals surface area (Å²) in [7, 11) is 0. The predicted octanol–water partition coefficient (Wildman–Crippen LogP) is 3.40. The first-order chi connectivity index (χ1) is 8.93. The smallest absolute Gasteiger partial charge is 0.234 e. The van der Waals surface area contributed by atoms with E-state index in [1.807, 2.05) is 6.92 Å². The first-order valence-corrected chi connectivity index (χ1v) is 6.54. The van der Waals surface area contributed by atoms with Crippen LogP contribution in [0.5, 0.6) is 0 Å². The van der Waals surface area contributed by atoms with Gasteiger partial charge in [-0.3, -0.25) is 9.59 Å². The molecule has 0 aromatic heterocycles. The van der Waals surface area contributed by atoms with Gasteiger partial charge in [-0.1, -0.05) is 45.0 Å². The maximum absolute atomic E-state index is 12.1. The second kappa shape index (κ2) is 5.00. The zero-order valence-corrected chi connectivity index (χ0v) is 11.4. The van der Waals surface area contributed by atoms with Crippen molar-refractivity contribution in [2.24, 2.45) is 11.8 Å². The Morgan fingerprint density at radius 1 is 1.00 bits per heavy atom. The Bertz CT molecular complexity index is 567. The second-order valence-electron chi connectivity index (χ2n) is 5.46. The molecule has 1 aliphatic rings. The van der Waals surface area contributed by atoms with Gasteiger partial charge in [0.2, 0.25) is 11.6 Å². The maximum Gasteiger partial charge on any atom is 0.234 e. The largest absolute Gasteiger partial charge is 0.507 e. The minimum absolute atomic E-state index is 0.0345. The van der Waals surface area contributed by atoms with Crippen LogP contribution in [-0.4, -0.2) is 16.7 Å². The van der Waals surface area contributed by atoms with E-state index in [-0.39, 0.29) is 17.3 Å². The summed E-state index contributed by atoms with van der Waals surface area (Å²) in [6, 6.07) is 6.70. The number of benzene rings is 1. The van der Waals surface area contributed by atoms with Crippen LogP contribution in [0, 0.1) is 11.8 Å². The highest BCUT2D eigenvalue weighted by molar-refractivity contribution is 6.52. The molecular weight excluding hydrogens is 240 g/mol. The molecule has 0 fully saturated rings. The van der Waals surface area contributed by atoms with Gasteiger partial charge in [-0.05, 0) is 18.3 Å². The van der Waals surface area contributed by atoms with Gasteiger partial charge in [0.25, 0.3) is 0 Å². The minimum Gasteiger partial charge on any atom is -0.507 e. The molecule has 1 atom stereocenters. The first-order valence-electron chi connectivity index (χ1n) is 6.54. The Morgan fingerprint density at radius 2 is 1.58 bits per heavy atom. The summed E-state index contributed by atoms with van der Waals surface area (Å²) < 4.78 is 0. The van der Waals surface area contributed by atoms with Crippen molar-refractivity contribution in [1.29, 1.82) is 0 Å². The molecule has 0 saturated heterocycles. The summed E-state index contributed by atoms with van der Waals surface area (Å²) in [5.74, 6) is -0.490. The van der Waals surface area contributed by atoms with Crippen molar-refractivity contribution in [3.8, 4) is 0 Å². The highest BCUT2D eigenvalue weighted by Gasteiger charge is 2.33. The van der Waals surface area contributed by atoms with Crippen LogP contribution in [0.15, 0.2) is 29.8 Å². The van der Waals surface area contributed by atoms with Gasteiger partial charge in [0.05, 0.1) is 0 Å². The molecule has 1 aliphatic carbocycles. The third kappa shape index (κ3) is 2.33. The Labute approximate surface area is 113 Å². The van der Waals surface area contributed by atoms with Crippen LogP contribution in [-0.2, 0) is 4.79 Å². The highest BCUT2D eigenvalue weighted by atomic mass is 16.3. The lowest BCUT2D eigenvalue weighted by Crippen LogP contribution is -2.25. The number of ketones is 2. The molecule has 1 N–H and O–H groups in total. The first kappa shape index (κ1) is 13.5. The molecule has 0 spiro atoms. The second-order valence-corrected chi connectivity index (χ2v) is 5.46. The van der Waals surface area contributed by atoms with Gasteiger partial charge in [0, 0.05) is 16.7 Å². The number of rotatable bonds is 3. The number of hydrogen-bond acceptors (Lipinski definition) is 3. The van der Waals surface area contributed by atoms with Gasteiger partial charge in [0.15, 0.2) is 0 Å². The lowest BCUT2D eigenvalue weighted by molar-refractivity contribution is -0.112. The normalized spacial score (nSPS) is 16.8. The minimum atomic E-state index is -0.566. The summed E-state index contributed by atoms with van der Waals surface area (Å²) in [6.07, 6.45) is 0.433. The number of aliphatic hydroxyl groups excluding tert-OH is 1. The lowest BCUT2D eigenvalue weighted by Gasteiger charge is -2.21. The SMILES string of the molecule is CC(C)[C@H](C)CC1=C(O)c2ccccc2C(=O)C1=O. The van der Waals surface area contributed by atoms with Gasteiger partial charge in [-0.25, -0.2) is 0 Å². The fourth-order valence-corrected chi connectivity index (χ4v) is 2.16. The van der Waals surface area contributed by atoms with Crippen molar-refractivity contribution in [3.05, 3.63) is 41.0 Å². The molecule has 0 unspecified atom stereocenters. The highest BCUT2D eigenvalue weighted by Crippen LogP contribution is 2.32. The molecule has 1 aromatic carbocycles. The van der Waals surface area contributed by atoms with Gasteiger partial charge in [-0.2, -0.15) is 0 Å². The van der Waals surface area contributed by atoms with Crippen LogP contribution < -0.4 is 0 Å². The molecule has 0 radical (unpaired) electrons. The van der Waals surface area contributed by atoms with Crippen molar-refractivity contribution in [3.63, 3.8) is 0 Å². The quantitative estimate of drug-likeness (QED) is 0.845. The number of allylic oxidation sites excluding steroid dienone is 1. The number of carbonyl (C=O) groups is 2. The molecule has 19 heavy (non-hydrogen) atoms. The Hall–Kier alpha value is -1.90. The number of hydrogen-bond donors (Lipinski definition) is 1. The number of fused-ring (bicyclic) bond motifs is 1. The fourth-order valence-electron chi connectivity index (χ4n) is 2.16. The Morgan fingerprint density at radius 3 is 2.16 bits per heavy atom. The van der Waals surface area contributed by atoms with Crippen LogP contribution in [0.25, 0.3) is 5.76 Å². The predicted molar refractivity (Wildman–Crippen MR) is 73.9 cm³/mol. The molecule has 3 heteroatoms.